The lowest BCUT2D eigenvalue weighted by Crippen LogP contribution is -2.04. The average molecular weight is 196 g/mol. The van der Waals surface area contributed by atoms with E-state index in [4.69, 9.17) is 4.42 Å². The molecule has 72 valence electrons. The summed E-state index contributed by atoms with van der Waals surface area (Å²) in [6.45, 7) is 0. The molecule has 0 radical (unpaired) electrons. The van der Waals surface area contributed by atoms with E-state index in [0.29, 0.717) is 5.56 Å². The molecule has 0 bridgehead atoms. The van der Waals surface area contributed by atoms with Crippen LogP contribution in [-0.4, -0.2) is 0 Å². The molecule has 0 spiro atoms. The number of rotatable bonds is 0. The van der Waals surface area contributed by atoms with Gasteiger partial charge in [-0.3, -0.25) is 4.79 Å². The van der Waals surface area contributed by atoms with E-state index in [1.165, 1.54) is 0 Å². The van der Waals surface area contributed by atoms with E-state index in [0.717, 1.165) is 16.7 Å². The van der Waals surface area contributed by atoms with E-state index in [1.807, 2.05) is 18.2 Å². The molecule has 2 aliphatic carbocycles. The molecular weight excluding hydrogens is 188 g/mol. The highest BCUT2D eigenvalue weighted by Crippen LogP contribution is 2.32. The predicted molar refractivity (Wildman–Crippen MR) is 58.2 cm³/mol. The topological polar surface area (TPSA) is 30.2 Å². The van der Waals surface area contributed by atoms with Gasteiger partial charge in [-0.05, 0) is 29.3 Å². The fourth-order valence-corrected chi connectivity index (χ4v) is 1.89. The first-order valence-corrected chi connectivity index (χ1v) is 4.74. The van der Waals surface area contributed by atoms with Crippen LogP contribution in [0.4, 0.5) is 0 Å². The highest BCUT2D eigenvalue weighted by atomic mass is 16.3. The normalized spacial score (nSPS) is 10.9. The third kappa shape index (κ3) is 1.15. The predicted octanol–water partition coefficient (Wildman–Crippen LogP) is 2.85. The maximum absolute atomic E-state index is 11.8. The highest BCUT2D eigenvalue weighted by Gasteiger charge is 2.14. The van der Waals surface area contributed by atoms with E-state index in [-0.39, 0.29) is 5.43 Å². The molecule has 0 unspecified atom stereocenters. The molecular formula is C13H8O2. The van der Waals surface area contributed by atoms with Crippen molar-refractivity contribution in [3.63, 3.8) is 0 Å². The Morgan fingerprint density at radius 3 is 2.73 bits per heavy atom. The quantitative estimate of drug-likeness (QED) is 0.553. The van der Waals surface area contributed by atoms with Gasteiger partial charge in [0.1, 0.15) is 0 Å². The molecule has 1 aliphatic heterocycles. The van der Waals surface area contributed by atoms with E-state index in [2.05, 4.69) is 0 Å². The molecule has 0 aromatic heterocycles. The van der Waals surface area contributed by atoms with Crippen LogP contribution >= 0.6 is 0 Å². The highest BCUT2D eigenvalue weighted by molar-refractivity contribution is 5.85. The van der Waals surface area contributed by atoms with Crippen molar-refractivity contribution in [2.24, 2.45) is 0 Å². The minimum atomic E-state index is 0.0371. The van der Waals surface area contributed by atoms with Gasteiger partial charge in [-0.25, -0.2) is 0 Å². The van der Waals surface area contributed by atoms with E-state index in [1.54, 1.807) is 30.7 Å². The molecule has 0 saturated carbocycles. The molecule has 0 aromatic carbocycles. The Labute approximate surface area is 86.5 Å². The third-order valence-corrected chi connectivity index (χ3v) is 2.59. The second-order valence-electron chi connectivity index (χ2n) is 3.48. The van der Waals surface area contributed by atoms with Crippen molar-refractivity contribution >= 4 is 0 Å². The Bertz CT molecular complexity index is 609. The van der Waals surface area contributed by atoms with E-state index < -0.39 is 0 Å². The molecule has 0 aromatic rings. The first kappa shape index (κ1) is 8.24. The van der Waals surface area contributed by atoms with E-state index in [9.17, 15) is 4.79 Å². The zero-order valence-electron chi connectivity index (χ0n) is 7.94. The van der Waals surface area contributed by atoms with Crippen LogP contribution in [0.5, 0.6) is 0 Å². The Morgan fingerprint density at radius 2 is 1.80 bits per heavy atom. The van der Waals surface area contributed by atoms with Crippen LogP contribution in [0.25, 0.3) is 22.3 Å². The first-order chi connectivity index (χ1) is 7.36. The van der Waals surface area contributed by atoms with Crippen molar-refractivity contribution in [3.8, 4) is 22.3 Å². The van der Waals surface area contributed by atoms with Crippen molar-refractivity contribution in [2.75, 3.05) is 0 Å². The summed E-state index contributed by atoms with van der Waals surface area (Å²) in [4.78, 5) is 11.8. The van der Waals surface area contributed by atoms with Gasteiger partial charge in [0, 0.05) is 11.1 Å². The SMILES string of the molecule is O=c1cc2cccc-2c2cocccc1-2. The Hall–Kier alpha value is -2.09. The largest absolute Gasteiger partial charge is 0.472 e. The third-order valence-electron chi connectivity index (χ3n) is 2.59. The van der Waals surface area contributed by atoms with Crippen LogP contribution in [0.2, 0.25) is 0 Å². The Balaban J connectivity index is 2.54. The lowest BCUT2D eigenvalue weighted by atomic mass is 9.97. The standard InChI is InChI=1S/C13H8O2/c14-13-7-9-3-1-4-10(9)12-8-15-6-2-5-11(12)13/h1-8H. The summed E-state index contributed by atoms with van der Waals surface area (Å²) in [5, 5.41) is 0. The van der Waals surface area contributed by atoms with Gasteiger partial charge in [0.15, 0.2) is 5.43 Å². The van der Waals surface area contributed by atoms with Crippen LogP contribution in [-0.2, 0) is 0 Å². The molecule has 0 fully saturated rings. The van der Waals surface area contributed by atoms with Gasteiger partial charge in [-0.2, -0.15) is 0 Å². The van der Waals surface area contributed by atoms with Crippen molar-refractivity contribution < 1.29 is 4.42 Å². The zero-order valence-corrected chi connectivity index (χ0v) is 7.94. The molecule has 0 atom stereocenters. The van der Waals surface area contributed by atoms with Gasteiger partial charge in [0.2, 0.25) is 0 Å². The van der Waals surface area contributed by atoms with Crippen LogP contribution in [0.1, 0.15) is 0 Å². The fourth-order valence-electron chi connectivity index (χ4n) is 1.89. The number of hydrogen-bond donors (Lipinski definition) is 0. The molecule has 15 heavy (non-hydrogen) atoms. The Kier molecular flexibility index (Phi) is 1.62. The van der Waals surface area contributed by atoms with Crippen molar-refractivity contribution in [1.82, 2.24) is 0 Å². The summed E-state index contributed by atoms with van der Waals surface area (Å²) >= 11 is 0. The molecule has 1 heterocycles. The lowest BCUT2D eigenvalue weighted by molar-refractivity contribution is 0.557. The summed E-state index contributed by atoms with van der Waals surface area (Å²) < 4.78 is 5.18. The van der Waals surface area contributed by atoms with Crippen molar-refractivity contribution in [1.29, 1.82) is 0 Å². The molecule has 3 rings (SSSR count). The van der Waals surface area contributed by atoms with Gasteiger partial charge < -0.3 is 4.42 Å². The van der Waals surface area contributed by atoms with Gasteiger partial charge in [-0.1, -0.05) is 18.2 Å². The summed E-state index contributed by atoms with van der Waals surface area (Å²) in [5.41, 5.74) is 3.63. The minimum absolute atomic E-state index is 0.0371. The smallest absolute Gasteiger partial charge is 0.187 e. The summed E-state index contributed by atoms with van der Waals surface area (Å²) in [7, 11) is 0. The van der Waals surface area contributed by atoms with Crippen LogP contribution < -0.4 is 5.43 Å². The molecule has 3 aliphatic rings. The monoisotopic (exact) mass is 196 g/mol. The maximum Gasteiger partial charge on any atom is 0.187 e. The summed E-state index contributed by atoms with van der Waals surface area (Å²) in [6.07, 6.45) is 3.19. The van der Waals surface area contributed by atoms with Crippen molar-refractivity contribution in [3.05, 3.63) is 59.1 Å². The molecule has 2 heteroatoms. The lowest BCUT2D eigenvalue weighted by Gasteiger charge is -2.05. The number of hydrogen-bond acceptors (Lipinski definition) is 2. The van der Waals surface area contributed by atoms with Crippen LogP contribution in [0.15, 0.2) is 58.1 Å². The van der Waals surface area contributed by atoms with Crippen molar-refractivity contribution in [2.45, 2.75) is 0 Å². The van der Waals surface area contributed by atoms with Gasteiger partial charge in [0.05, 0.1) is 12.5 Å². The fraction of sp³-hybridized carbons (Fsp3) is 0. The van der Waals surface area contributed by atoms with E-state index >= 15 is 0 Å². The maximum atomic E-state index is 11.8. The van der Waals surface area contributed by atoms with Crippen LogP contribution in [0, 0.1) is 0 Å². The molecule has 0 N–H and O–H groups in total. The molecule has 0 amide bonds. The minimum Gasteiger partial charge on any atom is -0.472 e. The number of fused-ring (bicyclic) bond motifs is 3. The summed E-state index contributed by atoms with van der Waals surface area (Å²) in [5.74, 6) is 0. The second kappa shape index (κ2) is 2.95. The average Bonchev–Trinajstić information content (AvgIpc) is 2.54. The zero-order chi connectivity index (χ0) is 10.3. The first-order valence-electron chi connectivity index (χ1n) is 4.74. The summed E-state index contributed by atoms with van der Waals surface area (Å²) in [6, 6.07) is 11.1. The van der Waals surface area contributed by atoms with Gasteiger partial charge in [0.25, 0.3) is 0 Å². The number of benzene rings is 1. The molecule has 0 saturated heterocycles. The van der Waals surface area contributed by atoms with Gasteiger partial charge in [-0.15, -0.1) is 0 Å². The van der Waals surface area contributed by atoms with Gasteiger partial charge >= 0.3 is 0 Å². The Morgan fingerprint density at radius 1 is 0.933 bits per heavy atom. The van der Waals surface area contributed by atoms with Crippen LogP contribution in [0.3, 0.4) is 0 Å². The second-order valence-corrected chi connectivity index (χ2v) is 3.48. The molecule has 2 nitrogen and oxygen atoms in total.